The lowest BCUT2D eigenvalue weighted by Gasteiger charge is -2.15. The summed E-state index contributed by atoms with van der Waals surface area (Å²) >= 11 is 6.97. The molecule has 10 heteroatoms. The molecular weight excluding hydrogens is 487 g/mol. The van der Waals surface area contributed by atoms with Gasteiger partial charge in [-0.1, -0.05) is 53.7 Å². The molecule has 0 radical (unpaired) electrons. The molecule has 4 rings (SSSR count). The van der Waals surface area contributed by atoms with Crippen molar-refractivity contribution in [3.63, 3.8) is 0 Å². The Balaban J connectivity index is 1.65. The van der Waals surface area contributed by atoms with Crippen LogP contribution in [0.15, 0.2) is 76.7 Å². The number of nitrogens with zero attached hydrogens (tertiary/aromatic N) is 2. The minimum atomic E-state index is -4.57. The van der Waals surface area contributed by atoms with Crippen LogP contribution in [-0.4, -0.2) is 21.2 Å². The third kappa shape index (κ3) is 4.95. The molecule has 0 unspecified atom stereocenters. The van der Waals surface area contributed by atoms with Crippen molar-refractivity contribution in [3.8, 4) is 5.69 Å². The maximum absolute atomic E-state index is 13.3. The Morgan fingerprint density at radius 1 is 1.09 bits per heavy atom. The van der Waals surface area contributed by atoms with Crippen molar-refractivity contribution < 1.29 is 18.0 Å². The lowest BCUT2D eigenvalue weighted by Crippen LogP contribution is -2.23. The number of anilines is 1. The number of aromatic nitrogens is 2. The van der Waals surface area contributed by atoms with Gasteiger partial charge >= 0.3 is 6.18 Å². The van der Waals surface area contributed by atoms with Crippen molar-refractivity contribution in [1.82, 2.24) is 9.55 Å². The summed E-state index contributed by atoms with van der Waals surface area (Å²) in [6.07, 6.45) is -4.57. The molecule has 4 aromatic rings. The molecule has 3 aromatic carbocycles. The largest absolute Gasteiger partial charge is 0.416 e. The lowest BCUT2D eigenvalue weighted by atomic mass is 10.2. The van der Waals surface area contributed by atoms with Gasteiger partial charge in [0.05, 0.1) is 38.6 Å². The number of carbonyl (C=O) groups excluding carboxylic acids is 1. The van der Waals surface area contributed by atoms with Gasteiger partial charge in [0.1, 0.15) is 0 Å². The average Bonchev–Trinajstić information content (AvgIpc) is 2.79. The molecule has 0 aliphatic rings. The zero-order chi connectivity index (χ0) is 24.5. The predicted molar refractivity (Wildman–Crippen MR) is 128 cm³/mol. The number of aryl methyl sites for hydroxylation is 1. The normalized spacial score (nSPS) is 11.6. The van der Waals surface area contributed by atoms with Gasteiger partial charge in [0.2, 0.25) is 5.91 Å². The Kier molecular flexibility index (Phi) is 6.67. The summed E-state index contributed by atoms with van der Waals surface area (Å²) < 4.78 is 40.5. The number of thioether (sulfide) groups is 1. The second kappa shape index (κ2) is 9.52. The van der Waals surface area contributed by atoms with E-state index in [0.717, 1.165) is 35.5 Å². The number of hydrogen-bond acceptors (Lipinski definition) is 4. The first kappa shape index (κ1) is 23.8. The Bertz CT molecular complexity index is 1450. The quantitative estimate of drug-likeness (QED) is 0.264. The van der Waals surface area contributed by atoms with Crippen LogP contribution in [0, 0.1) is 6.92 Å². The Morgan fingerprint density at radius 2 is 1.79 bits per heavy atom. The summed E-state index contributed by atoms with van der Waals surface area (Å²) in [5.74, 6) is -0.798. The Hall–Kier alpha value is -3.30. The van der Waals surface area contributed by atoms with E-state index in [9.17, 15) is 22.8 Å². The lowest BCUT2D eigenvalue weighted by molar-refractivity contribution is -0.137. The zero-order valence-electron chi connectivity index (χ0n) is 17.7. The van der Waals surface area contributed by atoms with Crippen molar-refractivity contribution in [2.24, 2.45) is 0 Å². The molecule has 0 aliphatic heterocycles. The number of nitrogens with one attached hydrogen (secondary N) is 1. The van der Waals surface area contributed by atoms with E-state index in [1.807, 2.05) is 19.1 Å². The van der Waals surface area contributed by atoms with Crippen LogP contribution < -0.4 is 10.9 Å². The number of carbonyl (C=O) groups is 1. The molecule has 5 nitrogen and oxygen atoms in total. The first-order valence-electron chi connectivity index (χ1n) is 10.0. The first-order valence-corrected chi connectivity index (χ1v) is 11.4. The molecule has 1 amide bonds. The van der Waals surface area contributed by atoms with Gasteiger partial charge in [-0.05, 0) is 48.9 Å². The molecule has 1 heterocycles. The highest BCUT2D eigenvalue weighted by atomic mass is 35.5. The molecule has 0 saturated carbocycles. The van der Waals surface area contributed by atoms with E-state index >= 15 is 0 Å². The fourth-order valence-corrected chi connectivity index (χ4v) is 4.32. The highest BCUT2D eigenvalue weighted by molar-refractivity contribution is 7.99. The van der Waals surface area contributed by atoms with Gasteiger partial charge < -0.3 is 5.32 Å². The molecule has 1 aromatic heterocycles. The third-order valence-electron chi connectivity index (χ3n) is 5.00. The second-order valence-electron chi connectivity index (χ2n) is 7.37. The maximum Gasteiger partial charge on any atom is 0.416 e. The van der Waals surface area contributed by atoms with Gasteiger partial charge in [-0.25, -0.2) is 4.98 Å². The van der Waals surface area contributed by atoms with E-state index in [-0.39, 0.29) is 27.2 Å². The molecular formula is C24H17ClF3N3O2S. The summed E-state index contributed by atoms with van der Waals surface area (Å²) in [6, 6.07) is 16.8. The molecule has 1 N–H and O–H groups in total. The summed E-state index contributed by atoms with van der Waals surface area (Å²) in [7, 11) is 0. The molecule has 0 saturated heterocycles. The number of amides is 1. The van der Waals surface area contributed by atoms with E-state index in [1.165, 1.54) is 4.57 Å². The number of rotatable bonds is 5. The highest BCUT2D eigenvalue weighted by Gasteiger charge is 2.31. The fraction of sp³-hybridized carbons (Fsp3) is 0.125. The number of benzene rings is 3. The SMILES string of the molecule is Cc1ccccc1-n1c(SCC(=O)Nc2cc(C(F)(F)F)ccc2Cl)nc2ccccc2c1=O. The van der Waals surface area contributed by atoms with Gasteiger partial charge in [0.15, 0.2) is 5.16 Å². The molecule has 0 atom stereocenters. The van der Waals surface area contributed by atoms with Crippen molar-refractivity contribution in [1.29, 1.82) is 0 Å². The van der Waals surface area contributed by atoms with E-state index in [4.69, 9.17) is 11.6 Å². The molecule has 174 valence electrons. The van der Waals surface area contributed by atoms with Crippen molar-refractivity contribution in [3.05, 3.63) is 93.2 Å². The predicted octanol–water partition coefficient (Wildman–Crippen LogP) is 6.10. The smallest absolute Gasteiger partial charge is 0.324 e. The summed E-state index contributed by atoms with van der Waals surface area (Å²) in [5, 5.41) is 3.09. The molecule has 0 fully saturated rings. The molecule has 0 bridgehead atoms. The Morgan fingerprint density at radius 3 is 2.53 bits per heavy atom. The van der Waals surface area contributed by atoms with E-state index < -0.39 is 17.6 Å². The third-order valence-corrected chi connectivity index (χ3v) is 6.27. The van der Waals surface area contributed by atoms with Crippen LogP contribution in [-0.2, 0) is 11.0 Å². The number of para-hydroxylation sites is 2. The van der Waals surface area contributed by atoms with Crippen LogP contribution in [0.5, 0.6) is 0 Å². The van der Waals surface area contributed by atoms with E-state index in [0.29, 0.717) is 16.6 Å². The zero-order valence-corrected chi connectivity index (χ0v) is 19.3. The van der Waals surface area contributed by atoms with Crippen molar-refractivity contribution >= 4 is 45.9 Å². The number of fused-ring (bicyclic) bond motifs is 1. The van der Waals surface area contributed by atoms with Crippen LogP contribution in [0.4, 0.5) is 18.9 Å². The maximum atomic E-state index is 13.3. The van der Waals surface area contributed by atoms with Crippen LogP contribution in [0.3, 0.4) is 0 Å². The standard InChI is InChI=1S/C24H17ClF3N3O2S/c1-14-6-2-5-9-20(14)31-22(33)16-7-3-4-8-18(16)30-23(31)34-13-21(32)29-19-12-15(24(26,27)28)10-11-17(19)25/h2-12H,13H2,1H3,(H,29,32). The van der Waals surface area contributed by atoms with Crippen molar-refractivity contribution in [2.45, 2.75) is 18.3 Å². The van der Waals surface area contributed by atoms with Gasteiger partial charge in [-0.3, -0.25) is 14.2 Å². The minimum Gasteiger partial charge on any atom is -0.324 e. The van der Waals surface area contributed by atoms with Crippen LogP contribution in [0.1, 0.15) is 11.1 Å². The molecule has 0 spiro atoms. The van der Waals surface area contributed by atoms with E-state index in [2.05, 4.69) is 10.3 Å². The number of halogens is 4. The van der Waals surface area contributed by atoms with Gasteiger partial charge in [-0.2, -0.15) is 13.2 Å². The monoisotopic (exact) mass is 503 g/mol. The molecule has 0 aliphatic carbocycles. The fourth-order valence-electron chi connectivity index (χ4n) is 3.35. The summed E-state index contributed by atoms with van der Waals surface area (Å²) in [4.78, 5) is 30.4. The van der Waals surface area contributed by atoms with Crippen molar-refractivity contribution in [2.75, 3.05) is 11.1 Å². The van der Waals surface area contributed by atoms with Gasteiger partial charge in [-0.15, -0.1) is 0 Å². The average molecular weight is 504 g/mol. The number of hydrogen-bond donors (Lipinski definition) is 1. The van der Waals surface area contributed by atoms with Gasteiger partial charge in [0.25, 0.3) is 5.56 Å². The first-order chi connectivity index (χ1) is 16.1. The molecule has 34 heavy (non-hydrogen) atoms. The van der Waals surface area contributed by atoms with Crippen LogP contribution >= 0.6 is 23.4 Å². The summed E-state index contributed by atoms with van der Waals surface area (Å²) in [5.41, 5.74) is 0.567. The highest BCUT2D eigenvalue weighted by Crippen LogP contribution is 2.34. The van der Waals surface area contributed by atoms with E-state index in [1.54, 1.807) is 36.4 Å². The second-order valence-corrected chi connectivity index (χ2v) is 8.72. The number of alkyl halides is 3. The topological polar surface area (TPSA) is 64.0 Å². The Labute approximate surface area is 201 Å². The minimum absolute atomic E-state index is 0.0213. The summed E-state index contributed by atoms with van der Waals surface area (Å²) in [6.45, 7) is 1.85. The van der Waals surface area contributed by atoms with Gasteiger partial charge in [0, 0.05) is 0 Å². The van der Waals surface area contributed by atoms with Crippen LogP contribution in [0.25, 0.3) is 16.6 Å². The van der Waals surface area contributed by atoms with Crippen LogP contribution in [0.2, 0.25) is 5.02 Å².